The molecule has 30 heavy (non-hydrogen) atoms. The molecule has 2 heterocycles. The lowest BCUT2D eigenvalue weighted by Gasteiger charge is -2.31. The van der Waals surface area contributed by atoms with E-state index >= 15 is 0 Å². The quantitative estimate of drug-likeness (QED) is 0.483. The Morgan fingerprint density at radius 2 is 2.17 bits per heavy atom. The van der Waals surface area contributed by atoms with E-state index in [9.17, 15) is 9.59 Å². The van der Waals surface area contributed by atoms with Crippen LogP contribution in [0.3, 0.4) is 0 Å². The number of piperidine rings is 1. The molecule has 3 rings (SSSR count). The van der Waals surface area contributed by atoms with Crippen molar-refractivity contribution in [1.82, 2.24) is 9.47 Å². The number of amides is 1. The number of ether oxygens (including phenoxy) is 2. The Balaban J connectivity index is 1.95. The number of hydrogen-bond donors (Lipinski definition) is 0. The van der Waals surface area contributed by atoms with Crippen LogP contribution in [0, 0.1) is 5.92 Å². The van der Waals surface area contributed by atoms with Gasteiger partial charge in [0, 0.05) is 25.0 Å². The number of allylic oxidation sites excluding steroid dienone is 2. The summed E-state index contributed by atoms with van der Waals surface area (Å²) >= 11 is 0. The number of fused-ring (bicyclic) bond motifs is 1. The molecular formula is C24H30N2O4. The van der Waals surface area contributed by atoms with Crippen LogP contribution in [0.5, 0.6) is 5.75 Å². The van der Waals surface area contributed by atoms with Crippen LogP contribution in [0.4, 0.5) is 0 Å². The monoisotopic (exact) mass is 410 g/mol. The van der Waals surface area contributed by atoms with Crippen molar-refractivity contribution in [2.75, 3.05) is 26.3 Å². The van der Waals surface area contributed by atoms with E-state index in [1.54, 1.807) is 17.9 Å². The van der Waals surface area contributed by atoms with Crippen molar-refractivity contribution in [1.29, 1.82) is 0 Å². The van der Waals surface area contributed by atoms with Crippen LogP contribution in [-0.2, 0) is 16.1 Å². The maximum atomic E-state index is 13.5. The second-order valence-electron chi connectivity index (χ2n) is 7.34. The topological polar surface area (TPSA) is 60.8 Å². The van der Waals surface area contributed by atoms with Crippen LogP contribution in [-0.4, -0.2) is 47.6 Å². The molecular weight excluding hydrogens is 380 g/mol. The number of carbonyl (C=O) groups excluding carboxylic acids is 2. The Labute approximate surface area is 177 Å². The maximum absolute atomic E-state index is 13.5. The molecule has 6 nitrogen and oxygen atoms in total. The van der Waals surface area contributed by atoms with Gasteiger partial charge in [0.2, 0.25) is 0 Å². The van der Waals surface area contributed by atoms with Crippen molar-refractivity contribution in [2.45, 2.75) is 33.2 Å². The van der Waals surface area contributed by atoms with Gasteiger partial charge in [0.05, 0.1) is 18.0 Å². The molecule has 1 fully saturated rings. The summed E-state index contributed by atoms with van der Waals surface area (Å²) in [6.45, 7) is 9.83. The summed E-state index contributed by atoms with van der Waals surface area (Å²) in [6, 6.07) is 7.72. The molecule has 0 N–H and O–H groups in total. The van der Waals surface area contributed by atoms with Gasteiger partial charge in [0.25, 0.3) is 5.91 Å². The van der Waals surface area contributed by atoms with Crippen molar-refractivity contribution < 1.29 is 19.1 Å². The molecule has 160 valence electrons. The fourth-order valence-corrected chi connectivity index (χ4v) is 3.89. The average molecular weight is 411 g/mol. The summed E-state index contributed by atoms with van der Waals surface area (Å²) in [6.07, 6.45) is 7.23. The minimum Gasteiger partial charge on any atom is -0.489 e. The summed E-state index contributed by atoms with van der Waals surface area (Å²) < 4.78 is 13.0. The van der Waals surface area contributed by atoms with Gasteiger partial charge >= 0.3 is 5.97 Å². The van der Waals surface area contributed by atoms with E-state index in [0.717, 1.165) is 29.5 Å². The van der Waals surface area contributed by atoms with Crippen LogP contribution in [0.2, 0.25) is 0 Å². The Morgan fingerprint density at radius 1 is 1.33 bits per heavy atom. The van der Waals surface area contributed by atoms with Crippen LogP contribution < -0.4 is 4.74 Å². The second-order valence-corrected chi connectivity index (χ2v) is 7.34. The summed E-state index contributed by atoms with van der Waals surface area (Å²) in [5, 5.41) is 0.895. The molecule has 1 aliphatic rings. The number of esters is 1. The molecule has 6 heteroatoms. The van der Waals surface area contributed by atoms with Crippen LogP contribution in [0.25, 0.3) is 10.9 Å². The molecule has 0 radical (unpaired) electrons. The van der Waals surface area contributed by atoms with Crippen LogP contribution in [0.15, 0.2) is 49.1 Å². The van der Waals surface area contributed by atoms with E-state index in [-0.39, 0.29) is 17.8 Å². The molecule has 1 aliphatic heterocycles. The second kappa shape index (κ2) is 10.1. The first kappa shape index (κ1) is 21.7. The lowest BCUT2D eigenvalue weighted by atomic mass is 9.98. The average Bonchev–Trinajstić information content (AvgIpc) is 3.15. The van der Waals surface area contributed by atoms with E-state index in [1.807, 2.05) is 47.9 Å². The fraction of sp³-hybridized carbons (Fsp3) is 0.417. The molecule has 1 saturated heterocycles. The molecule has 0 saturated carbocycles. The smallest absolute Gasteiger partial charge is 0.310 e. The van der Waals surface area contributed by atoms with E-state index in [1.165, 1.54) is 0 Å². The number of nitrogens with zero attached hydrogens (tertiary/aromatic N) is 2. The highest BCUT2D eigenvalue weighted by molar-refractivity contribution is 6.00. The maximum Gasteiger partial charge on any atom is 0.310 e. The minimum atomic E-state index is -0.262. The highest BCUT2D eigenvalue weighted by Crippen LogP contribution is 2.31. The number of likely N-dealkylation sites (tertiary alicyclic amines) is 1. The molecule has 1 aromatic heterocycles. The van der Waals surface area contributed by atoms with Gasteiger partial charge in [-0.2, -0.15) is 0 Å². The first-order valence-corrected chi connectivity index (χ1v) is 10.5. The van der Waals surface area contributed by atoms with Gasteiger partial charge in [-0.05, 0) is 44.9 Å². The lowest BCUT2D eigenvalue weighted by Crippen LogP contribution is -2.43. The predicted molar refractivity (Wildman–Crippen MR) is 118 cm³/mol. The first-order chi connectivity index (χ1) is 14.6. The molecule has 0 aliphatic carbocycles. The fourth-order valence-electron chi connectivity index (χ4n) is 3.89. The van der Waals surface area contributed by atoms with Gasteiger partial charge in [-0.25, -0.2) is 0 Å². The van der Waals surface area contributed by atoms with Crippen molar-refractivity contribution >= 4 is 22.8 Å². The Hall–Kier alpha value is -3.02. The Bertz CT molecular complexity index is 944. The van der Waals surface area contributed by atoms with Gasteiger partial charge < -0.3 is 18.9 Å². The van der Waals surface area contributed by atoms with Gasteiger partial charge in [-0.3, -0.25) is 9.59 Å². The zero-order chi connectivity index (χ0) is 21.5. The normalized spacial score (nSPS) is 16.7. The van der Waals surface area contributed by atoms with Crippen LogP contribution in [0.1, 0.15) is 37.2 Å². The summed E-state index contributed by atoms with van der Waals surface area (Å²) in [4.78, 5) is 27.4. The highest BCUT2D eigenvalue weighted by Gasteiger charge is 2.31. The number of hydrogen-bond acceptors (Lipinski definition) is 4. The van der Waals surface area contributed by atoms with E-state index in [4.69, 9.17) is 9.47 Å². The summed E-state index contributed by atoms with van der Waals surface area (Å²) in [7, 11) is 0. The molecule has 1 atom stereocenters. The number of benzene rings is 1. The standard InChI is InChI=1S/C24H30N2O4/c1-4-7-14-26-20-11-8-12-22(30-15-5-2)19(20)16-21(26)23(27)25-13-9-10-18(17-25)24(28)29-6-3/h4-5,7-8,11-12,16,18H,2,6,9-10,13-15,17H2,1,3H3/b7-4-/t18-/m1/s1. The zero-order valence-corrected chi connectivity index (χ0v) is 17.8. The number of rotatable bonds is 8. The molecule has 0 bridgehead atoms. The predicted octanol–water partition coefficient (Wildman–Crippen LogP) is 4.20. The van der Waals surface area contributed by atoms with Gasteiger partial charge in [-0.1, -0.05) is 30.9 Å². The third-order valence-electron chi connectivity index (χ3n) is 5.33. The highest BCUT2D eigenvalue weighted by atomic mass is 16.5. The summed E-state index contributed by atoms with van der Waals surface area (Å²) in [5.74, 6) is 0.176. The Morgan fingerprint density at radius 3 is 2.90 bits per heavy atom. The van der Waals surface area contributed by atoms with Gasteiger partial charge in [0.15, 0.2) is 0 Å². The van der Waals surface area contributed by atoms with Gasteiger partial charge in [-0.15, -0.1) is 0 Å². The van der Waals surface area contributed by atoms with E-state index in [2.05, 4.69) is 6.58 Å². The van der Waals surface area contributed by atoms with Crippen molar-refractivity contribution in [3.8, 4) is 5.75 Å². The van der Waals surface area contributed by atoms with Crippen LogP contribution >= 0.6 is 0 Å². The van der Waals surface area contributed by atoms with Gasteiger partial charge in [0.1, 0.15) is 18.1 Å². The lowest BCUT2D eigenvalue weighted by molar-refractivity contribution is -0.149. The Kier molecular flexibility index (Phi) is 7.33. The third-order valence-corrected chi connectivity index (χ3v) is 5.33. The third kappa shape index (κ3) is 4.58. The zero-order valence-electron chi connectivity index (χ0n) is 17.8. The minimum absolute atomic E-state index is 0.0700. The number of carbonyl (C=O) groups is 2. The summed E-state index contributed by atoms with van der Waals surface area (Å²) in [5.41, 5.74) is 1.54. The molecule has 0 unspecified atom stereocenters. The van der Waals surface area contributed by atoms with E-state index < -0.39 is 0 Å². The first-order valence-electron chi connectivity index (χ1n) is 10.5. The molecule has 0 spiro atoms. The largest absolute Gasteiger partial charge is 0.489 e. The number of aromatic nitrogens is 1. The van der Waals surface area contributed by atoms with Crippen molar-refractivity contribution in [2.24, 2.45) is 5.92 Å². The van der Waals surface area contributed by atoms with E-state index in [0.29, 0.717) is 38.5 Å². The molecule has 1 amide bonds. The van der Waals surface area contributed by atoms with Crippen molar-refractivity contribution in [3.05, 3.63) is 54.8 Å². The van der Waals surface area contributed by atoms with Crippen molar-refractivity contribution in [3.63, 3.8) is 0 Å². The molecule has 2 aromatic rings. The molecule has 1 aromatic carbocycles. The SMILES string of the molecule is C=CCOc1cccc2c1cc(C(=O)N1CCC[C@@H](C(=O)OCC)C1)n2C/C=C\C.